The van der Waals surface area contributed by atoms with Crippen LogP contribution in [-0.4, -0.2) is 21.0 Å². The molecular weight excluding hydrogens is 200 g/mol. The van der Waals surface area contributed by atoms with Crippen molar-refractivity contribution >= 4 is 27.5 Å². The fourth-order valence-corrected chi connectivity index (χ4v) is 1.83. The molecule has 0 saturated carbocycles. The fourth-order valence-electron chi connectivity index (χ4n) is 1.09. The monoisotopic (exact) mass is 208 g/mol. The van der Waals surface area contributed by atoms with Crippen LogP contribution in [0.2, 0.25) is 0 Å². The summed E-state index contributed by atoms with van der Waals surface area (Å²) in [6, 6.07) is 1.91. The van der Waals surface area contributed by atoms with Gasteiger partial charge >= 0.3 is 5.97 Å². The molecule has 14 heavy (non-hydrogen) atoms. The molecule has 0 radical (unpaired) electrons. The number of carbonyl (C=O) groups is 1. The van der Waals surface area contributed by atoms with Crippen LogP contribution in [-0.2, 0) is 4.79 Å². The number of nitrogens with zero attached hydrogens (tertiary/aromatic N) is 2. The summed E-state index contributed by atoms with van der Waals surface area (Å²) in [6.07, 6.45) is 1.66. The van der Waals surface area contributed by atoms with Crippen molar-refractivity contribution in [3.05, 3.63) is 23.5 Å². The van der Waals surface area contributed by atoms with Crippen molar-refractivity contribution in [3.63, 3.8) is 0 Å². The average Bonchev–Trinajstić information content (AvgIpc) is 2.62. The van der Waals surface area contributed by atoms with Crippen LogP contribution >= 0.6 is 11.3 Å². The molecule has 2 heterocycles. The van der Waals surface area contributed by atoms with Gasteiger partial charge in [0.15, 0.2) is 0 Å². The second-order valence-corrected chi connectivity index (χ2v) is 3.86. The standard InChI is InChI=1S/C9H8N2O2S/c1-5(9(12)13)7-10-4-6-2-3-14-8(6)11-7/h2-5H,1H3,(H,12,13). The van der Waals surface area contributed by atoms with E-state index in [2.05, 4.69) is 9.97 Å². The minimum absolute atomic E-state index is 0.368. The molecule has 4 nitrogen and oxygen atoms in total. The van der Waals surface area contributed by atoms with E-state index in [9.17, 15) is 4.79 Å². The van der Waals surface area contributed by atoms with Gasteiger partial charge in [0, 0.05) is 11.6 Å². The molecule has 0 aromatic carbocycles. The smallest absolute Gasteiger partial charge is 0.313 e. The number of carboxylic acids is 1. The maximum atomic E-state index is 10.7. The topological polar surface area (TPSA) is 63.1 Å². The van der Waals surface area contributed by atoms with Crippen molar-refractivity contribution in [2.75, 3.05) is 0 Å². The molecule has 0 saturated heterocycles. The van der Waals surface area contributed by atoms with Gasteiger partial charge in [-0.15, -0.1) is 11.3 Å². The second-order valence-electron chi connectivity index (χ2n) is 2.97. The Morgan fingerprint density at radius 2 is 2.43 bits per heavy atom. The maximum Gasteiger partial charge on any atom is 0.313 e. The highest BCUT2D eigenvalue weighted by Gasteiger charge is 2.16. The molecule has 2 rings (SSSR count). The van der Waals surface area contributed by atoms with Crippen LogP contribution in [0.1, 0.15) is 18.7 Å². The molecule has 1 N–H and O–H groups in total. The number of hydrogen-bond acceptors (Lipinski definition) is 4. The minimum Gasteiger partial charge on any atom is -0.481 e. The van der Waals surface area contributed by atoms with E-state index in [-0.39, 0.29) is 0 Å². The molecule has 1 atom stereocenters. The predicted molar refractivity (Wildman–Crippen MR) is 53.5 cm³/mol. The summed E-state index contributed by atoms with van der Waals surface area (Å²) >= 11 is 1.49. The molecule has 5 heteroatoms. The summed E-state index contributed by atoms with van der Waals surface area (Å²) in [4.78, 5) is 19.7. The molecule has 0 aliphatic heterocycles. The summed E-state index contributed by atoms with van der Waals surface area (Å²) in [6.45, 7) is 1.58. The van der Waals surface area contributed by atoms with Gasteiger partial charge in [0.25, 0.3) is 0 Å². The van der Waals surface area contributed by atoms with E-state index < -0.39 is 11.9 Å². The summed E-state index contributed by atoms with van der Waals surface area (Å²) in [5.41, 5.74) is 0. The first kappa shape index (κ1) is 9.08. The number of aromatic nitrogens is 2. The molecule has 0 amide bonds. The zero-order chi connectivity index (χ0) is 10.1. The second kappa shape index (κ2) is 3.34. The Kier molecular flexibility index (Phi) is 2.17. The molecule has 0 aliphatic rings. The van der Waals surface area contributed by atoms with Crippen molar-refractivity contribution in [2.24, 2.45) is 0 Å². The van der Waals surface area contributed by atoms with Gasteiger partial charge in [-0.3, -0.25) is 4.79 Å². The Balaban J connectivity index is 2.48. The van der Waals surface area contributed by atoms with Gasteiger partial charge < -0.3 is 5.11 Å². The summed E-state index contributed by atoms with van der Waals surface area (Å²) in [7, 11) is 0. The Morgan fingerprint density at radius 1 is 1.64 bits per heavy atom. The number of hydrogen-bond donors (Lipinski definition) is 1. The molecule has 1 unspecified atom stereocenters. The highest BCUT2D eigenvalue weighted by atomic mass is 32.1. The van der Waals surface area contributed by atoms with E-state index in [0.29, 0.717) is 5.82 Å². The van der Waals surface area contributed by atoms with Crippen molar-refractivity contribution in [1.29, 1.82) is 0 Å². The van der Waals surface area contributed by atoms with Crippen LogP contribution in [0.15, 0.2) is 17.6 Å². The van der Waals surface area contributed by atoms with E-state index >= 15 is 0 Å². The number of thiophene rings is 1. The predicted octanol–water partition coefficient (Wildman–Crippen LogP) is 1.88. The van der Waals surface area contributed by atoms with Gasteiger partial charge in [-0.05, 0) is 18.4 Å². The fraction of sp³-hybridized carbons (Fsp3) is 0.222. The lowest BCUT2D eigenvalue weighted by Crippen LogP contribution is -2.10. The highest BCUT2D eigenvalue weighted by Crippen LogP contribution is 2.19. The van der Waals surface area contributed by atoms with Crippen LogP contribution in [0.5, 0.6) is 0 Å². The third kappa shape index (κ3) is 1.46. The summed E-state index contributed by atoms with van der Waals surface area (Å²) in [5.74, 6) is -1.19. The number of carboxylic acid groups (broad SMARTS) is 1. The van der Waals surface area contributed by atoms with E-state index in [0.717, 1.165) is 10.2 Å². The summed E-state index contributed by atoms with van der Waals surface area (Å²) in [5, 5.41) is 11.6. The van der Waals surface area contributed by atoms with Crippen molar-refractivity contribution < 1.29 is 9.90 Å². The number of fused-ring (bicyclic) bond motifs is 1. The van der Waals surface area contributed by atoms with Crippen molar-refractivity contribution in [1.82, 2.24) is 9.97 Å². The minimum atomic E-state index is -0.902. The molecule has 72 valence electrons. The third-order valence-electron chi connectivity index (χ3n) is 1.98. The van der Waals surface area contributed by atoms with E-state index in [1.54, 1.807) is 13.1 Å². The number of aliphatic carboxylic acids is 1. The molecule has 0 bridgehead atoms. The highest BCUT2D eigenvalue weighted by molar-refractivity contribution is 7.16. The van der Waals surface area contributed by atoms with Gasteiger partial charge in [0.2, 0.25) is 0 Å². The number of rotatable bonds is 2. The van der Waals surface area contributed by atoms with Crippen molar-refractivity contribution in [3.8, 4) is 0 Å². The zero-order valence-corrected chi connectivity index (χ0v) is 8.28. The molecule has 2 aromatic heterocycles. The van der Waals surface area contributed by atoms with Crippen LogP contribution < -0.4 is 0 Å². The van der Waals surface area contributed by atoms with Gasteiger partial charge in [0.1, 0.15) is 16.6 Å². The van der Waals surface area contributed by atoms with E-state index in [1.165, 1.54) is 11.3 Å². The van der Waals surface area contributed by atoms with Crippen molar-refractivity contribution in [2.45, 2.75) is 12.8 Å². The van der Waals surface area contributed by atoms with Crippen LogP contribution in [0.4, 0.5) is 0 Å². The molecule has 0 aliphatic carbocycles. The summed E-state index contributed by atoms with van der Waals surface area (Å²) < 4.78 is 0. The quantitative estimate of drug-likeness (QED) is 0.818. The normalized spacial score (nSPS) is 12.9. The Hall–Kier alpha value is -1.49. The lowest BCUT2D eigenvalue weighted by atomic mass is 10.2. The van der Waals surface area contributed by atoms with E-state index in [1.807, 2.05) is 11.4 Å². The Labute approximate surface area is 84.2 Å². The lowest BCUT2D eigenvalue weighted by molar-refractivity contribution is -0.138. The van der Waals surface area contributed by atoms with Crippen LogP contribution in [0, 0.1) is 0 Å². The van der Waals surface area contributed by atoms with E-state index in [4.69, 9.17) is 5.11 Å². The molecular formula is C9H8N2O2S. The first-order valence-corrected chi connectivity index (χ1v) is 4.99. The SMILES string of the molecule is CC(C(=O)O)c1ncc2ccsc2n1. The molecule has 0 spiro atoms. The lowest BCUT2D eigenvalue weighted by Gasteiger charge is -2.03. The van der Waals surface area contributed by atoms with Gasteiger partial charge in [-0.1, -0.05) is 0 Å². The first-order valence-electron chi connectivity index (χ1n) is 4.11. The van der Waals surface area contributed by atoms with Gasteiger partial charge in [-0.2, -0.15) is 0 Å². The average molecular weight is 208 g/mol. The Bertz CT molecular complexity index is 480. The zero-order valence-electron chi connectivity index (χ0n) is 7.47. The molecule has 0 fully saturated rings. The van der Waals surface area contributed by atoms with Crippen LogP contribution in [0.25, 0.3) is 10.2 Å². The largest absolute Gasteiger partial charge is 0.481 e. The molecule has 2 aromatic rings. The third-order valence-corrected chi connectivity index (χ3v) is 2.81. The maximum absolute atomic E-state index is 10.7. The Morgan fingerprint density at radius 3 is 3.14 bits per heavy atom. The van der Waals surface area contributed by atoms with Gasteiger partial charge in [0.05, 0.1) is 0 Å². The first-order chi connectivity index (χ1) is 6.68. The van der Waals surface area contributed by atoms with Crippen LogP contribution in [0.3, 0.4) is 0 Å². The van der Waals surface area contributed by atoms with Gasteiger partial charge in [-0.25, -0.2) is 9.97 Å².